The molecule has 17 heavy (non-hydrogen) atoms. The molecule has 0 aliphatic carbocycles. The van der Waals surface area contributed by atoms with E-state index in [0.29, 0.717) is 16.4 Å². The van der Waals surface area contributed by atoms with Gasteiger partial charge in [0.1, 0.15) is 5.82 Å². The fourth-order valence-corrected chi connectivity index (χ4v) is 1.64. The minimum atomic E-state index is -0.333. The lowest BCUT2D eigenvalue weighted by Crippen LogP contribution is -1.97. The minimum Gasteiger partial charge on any atom is -0.397 e. The largest absolute Gasteiger partial charge is 0.397 e. The number of nitrogens with two attached hydrogens (primary N) is 1. The summed E-state index contributed by atoms with van der Waals surface area (Å²) in [4.78, 5) is 0. The van der Waals surface area contributed by atoms with Gasteiger partial charge in [-0.25, -0.2) is 4.39 Å². The molecule has 0 aliphatic rings. The Kier molecular flexibility index (Phi) is 3.20. The average Bonchev–Trinajstić information content (AvgIpc) is 2.29. The van der Waals surface area contributed by atoms with E-state index >= 15 is 0 Å². The molecule has 0 unspecified atom stereocenters. The summed E-state index contributed by atoms with van der Waals surface area (Å²) in [6.07, 6.45) is 0. The number of hydrogen-bond acceptors (Lipinski definition) is 2. The Morgan fingerprint density at radius 2 is 1.94 bits per heavy atom. The van der Waals surface area contributed by atoms with Crippen molar-refractivity contribution in [2.24, 2.45) is 0 Å². The molecule has 3 N–H and O–H groups in total. The van der Waals surface area contributed by atoms with Crippen molar-refractivity contribution in [3.05, 3.63) is 52.8 Å². The molecule has 2 rings (SSSR count). The summed E-state index contributed by atoms with van der Waals surface area (Å²) in [6, 6.07) is 9.73. The van der Waals surface area contributed by atoms with Gasteiger partial charge in [-0.1, -0.05) is 17.7 Å². The molecule has 88 valence electrons. The normalized spacial score (nSPS) is 10.3. The second kappa shape index (κ2) is 4.63. The van der Waals surface area contributed by atoms with Gasteiger partial charge in [0.25, 0.3) is 0 Å². The molecule has 2 aromatic rings. The zero-order chi connectivity index (χ0) is 12.4. The topological polar surface area (TPSA) is 38.0 Å². The van der Waals surface area contributed by atoms with Crippen LogP contribution in [0.1, 0.15) is 5.56 Å². The number of nitrogen functional groups attached to an aromatic ring is 1. The predicted molar refractivity (Wildman–Crippen MR) is 70.3 cm³/mol. The second-order valence-electron chi connectivity index (χ2n) is 3.82. The standard InChI is InChI=1S/C13H12ClFN2/c1-8-2-4-10(7-11(8)14)17-13-6-9(15)3-5-12(13)16/h2-7,17H,16H2,1H3. The number of anilines is 3. The van der Waals surface area contributed by atoms with Gasteiger partial charge in [-0.2, -0.15) is 0 Å². The molecule has 0 heterocycles. The molecule has 4 heteroatoms. The van der Waals surface area contributed by atoms with E-state index < -0.39 is 0 Å². The van der Waals surface area contributed by atoms with E-state index in [2.05, 4.69) is 5.32 Å². The molecule has 0 saturated heterocycles. The molecular formula is C13H12ClFN2. The third kappa shape index (κ3) is 2.68. The van der Waals surface area contributed by atoms with Crippen molar-refractivity contribution >= 4 is 28.7 Å². The maximum absolute atomic E-state index is 13.1. The first kappa shape index (κ1) is 11.7. The monoisotopic (exact) mass is 250 g/mol. The lowest BCUT2D eigenvalue weighted by atomic mass is 10.2. The average molecular weight is 251 g/mol. The highest BCUT2D eigenvalue weighted by Crippen LogP contribution is 2.26. The van der Waals surface area contributed by atoms with Crippen LogP contribution in [0, 0.1) is 12.7 Å². The molecule has 0 amide bonds. The Morgan fingerprint density at radius 1 is 1.18 bits per heavy atom. The van der Waals surface area contributed by atoms with Gasteiger partial charge in [0.05, 0.1) is 11.4 Å². The number of hydrogen-bond donors (Lipinski definition) is 2. The first-order valence-electron chi connectivity index (χ1n) is 5.14. The van der Waals surface area contributed by atoms with Crippen LogP contribution < -0.4 is 11.1 Å². The maximum Gasteiger partial charge on any atom is 0.125 e. The van der Waals surface area contributed by atoms with Crippen LogP contribution in [0.4, 0.5) is 21.5 Å². The Balaban J connectivity index is 2.31. The Labute approximate surface area is 104 Å². The molecule has 2 nitrogen and oxygen atoms in total. The number of nitrogens with one attached hydrogen (secondary N) is 1. The third-order valence-corrected chi connectivity index (χ3v) is 2.87. The van der Waals surface area contributed by atoms with Crippen LogP contribution in [0.5, 0.6) is 0 Å². The summed E-state index contributed by atoms with van der Waals surface area (Å²) in [5, 5.41) is 3.69. The molecule has 0 radical (unpaired) electrons. The van der Waals surface area contributed by atoms with Crippen molar-refractivity contribution in [3.8, 4) is 0 Å². The molecule has 2 aromatic carbocycles. The number of benzene rings is 2. The van der Waals surface area contributed by atoms with Crippen molar-refractivity contribution in [2.75, 3.05) is 11.1 Å². The van der Waals surface area contributed by atoms with Crippen LogP contribution in [-0.2, 0) is 0 Å². The highest BCUT2D eigenvalue weighted by molar-refractivity contribution is 6.31. The molecule has 0 bridgehead atoms. The van der Waals surface area contributed by atoms with Crippen LogP contribution in [0.3, 0.4) is 0 Å². The summed E-state index contributed by atoms with van der Waals surface area (Å²) >= 11 is 6.01. The first-order chi connectivity index (χ1) is 8.06. The summed E-state index contributed by atoms with van der Waals surface area (Å²) < 4.78 is 13.1. The smallest absolute Gasteiger partial charge is 0.125 e. The third-order valence-electron chi connectivity index (χ3n) is 2.47. The van der Waals surface area contributed by atoms with Crippen molar-refractivity contribution in [2.45, 2.75) is 6.92 Å². The van der Waals surface area contributed by atoms with Gasteiger partial charge in [-0.05, 0) is 42.8 Å². The highest BCUT2D eigenvalue weighted by Gasteiger charge is 2.03. The summed E-state index contributed by atoms with van der Waals surface area (Å²) in [7, 11) is 0. The van der Waals surface area contributed by atoms with E-state index in [0.717, 1.165) is 11.3 Å². The lowest BCUT2D eigenvalue weighted by Gasteiger charge is -2.10. The van der Waals surface area contributed by atoms with Gasteiger partial charge >= 0.3 is 0 Å². The lowest BCUT2D eigenvalue weighted by molar-refractivity contribution is 0.628. The van der Waals surface area contributed by atoms with Gasteiger partial charge in [0, 0.05) is 10.7 Å². The van der Waals surface area contributed by atoms with E-state index in [1.165, 1.54) is 18.2 Å². The van der Waals surface area contributed by atoms with Crippen LogP contribution in [0.2, 0.25) is 5.02 Å². The predicted octanol–water partition coefficient (Wildman–Crippen LogP) is 4.11. The fourth-order valence-electron chi connectivity index (χ4n) is 1.46. The van der Waals surface area contributed by atoms with Crippen molar-refractivity contribution in [1.29, 1.82) is 0 Å². The van der Waals surface area contributed by atoms with Gasteiger partial charge in [0.2, 0.25) is 0 Å². The van der Waals surface area contributed by atoms with Crippen molar-refractivity contribution in [3.63, 3.8) is 0 Å². The molecule has 0 aliphatic heterocycles. The van der Waals surface area contributed by atoms with E-state index in [9.17, 15) is 4.39 Å². The number of aryl methyl sites for hydroxylation is 1. The van der Waals surface area contributed by atoms with Gasteiger partial charge < -0.3 is 11.1 Å². The highest BCUT2D eigenvalue weighted by atomic mass is 35.5. The molecule has 0 atom stereocenters. The molecule has 0 saturated carbocycles. The van der Waals surface area contributed by atoms with Gasteiger partial charge in [-0.15, -0.1) is 0 Å². The summed E-state index contributed by atoms with van der Waals surface area (Å²) in [5.41, 5.74) is 8.53. The quantitative estimate of drug-likeness (QED) is 0.787. The Bertz CT molecular complexity index is 555. The first-order valence-corrected chi connectivity index (χ1v) is 5.52. The van der Waals surface area contributed by atoms with E-state index in [4.69, 9.17) is 17.3 Å². The van der Waals surface area contributed by atoms with Gasteiger partial charge in [-0.3, -0.25) is 0 Å². The Morgan fingerprint density at radius 3 is 2.65 bits per heavy atom. The van der Waals surface area contributed by atoms with E-state index in [1.54, 1.807) is 6.07 Å². The zero-order valence-corrected chi connectivity index (χ0v) is 10.1. The molecule has 0 fully saturated rings. The molecule has 0 aromatic heterocycles. The summed E-state index contributed by atoms with van der Waals surface area (Å²) in [5.74, 6) is -0.333. The maximum atomic E-state index is 13.1. The van der Waals surface area contributed by atoms with Crippen molar-refractivity contribution in [1.82, 2.24) is 0 Å². The molecule has 0 spiro atoms. The van der Waals surface area contributed by atoms with Crippen LogP contribution >= 0.6 is 11.6 Å². The van der Waals surface area contributed by atoms with E-state index in [-0.39, 0.29) is 5.82 Å². The second-order valence-corrected chi connectivity index (χ2v) is 4.23. The zero-order valence-electron chi connectivity index (χ0n) is 9.30. The van der Waals surface area contributed by atoms with Crippen molar-refractivity contribution < 1.29 is 4.39 Å². The SMILES string of the molecule is Cc1ccc(Nc2cc(F)ccc2N)cc1Cl. The van der Waals surface area contributed by atoms with Gasteiger partial charge in [0.15, 0.2) is 0 Å². The van der Waals surface area contributed by atoms with Crippen LogP contribution in [-0.4, -0.2) is 0 Å². The fraction of sp³-hybridized carbons (Fsp3) is 0.0769. The Hall–Kier alpha value is -1.74. The molecular weight excluding hydrogens is 239 g/mol. The van der Waals surface area contributed by atoms with E-state index in [1.807, 2.05) is 19.1 Å². The minimum absolute atomic E-state index is 0.333. The number of halogens is 2. The van der Waals surface area contributed by atoms with Crippen LogP contribution in [0.15, 0.2) is 36.4 Å². The van der Waals surface area contributed by atoms with Crippen LogP contribution in [0.25, 0.3) is 0 Å². The number of rotatable bonds is 2. The summed E-state index contributed by atoms with van der Waals surface area (Å²) in [6.45, 7) is 1.92.